The predicted molar refractivity (Wildman–Crippen MR) is 131 cm³/mol. The van der Waals surface area contributed by atoms with E-state index in [-0.39, 0.29) is 5.82 Å². The molecule has 4 aromatic rings. The van der Waals surface area contributed by atoms with Crippen LogP contribution >= 0.6 is 0 Å². The first-order chi connectivity index (χ1) is 17.3. The van der Waals surface area contributed by atoms with E-state index in [1.54, 1.807) is 0 Å². The number of anilines is 2. The van der Waals surface area contributed by atoms with Crippen LogP contribution in [0.1, 0.15) is 11.1 Å². The van der Waals surface area contributed by atoms with Gasteiger partial charge in [0.15, 0.2) is 17.2 Å². The molecule has 8 nitrogen and oxygen atoms in total. The summed E-state index contributed by atoms with van der Waals surface area (Å²) in [5.41, 5.74) is 5.06. The first kappa shape index (κ1) is 20.8. The Morgan fingerprint density at radius 2 is 1.69 bits per heavy atom. The first-order valence-electron chi connectivity index (χ1n) is 12.0. The maximum atomic E-state index is 15.2. The quantitative estimate of drug-likeness (QED) is 0.445. The molecule has 0 radical (unpaired) electrons. The van der Waals surface area contributed by atoms with Gasteiger partial charge in [0.1, 0.15) is 11.3 Å². The van der Waals surface area contributed by atoms with Crippen molar-refractivity contribution in [3.63, 3.8) is 0 Å². The number of nitrogens with zero attached hydrogens (tertiary/aromatic N) is 5. The molecular formula is C26H24FN5O3. The Balaban J connectivity index is 1.47. The van der Waals surface area contributed by atoms with Crippen LogP contribution in [-0.2, 0) is 15.9 Å². The highest BCUT2D eigenvalue weighted by Crippen LogP contribution is 2.38. The average molecular weight is 474 g/mol. The molecule has 0 bridgehead atoms. The third-order valence-electron chi connectivity index (χ3n) is 6.96. The maximum Gasteiger partial charge on any atom is 0.229 e. The summed E-state index contributed by atoms with van der Waals surface area (Å²) in [6.07, 6.45) is 6.61. The lowest BCUT2D eigenvalue weighted by atomic mass is 10.0. The molecule has 5 heterocycles. The SMILES string of the molecule is Fc1ccc2c(c1-c1nc(N3CCOCC3)c3oc4ncc(N5CCOCC5)cc4c3n1)C=CC2. The lowest BCUT2D eigenvalue weighted by Crippen LogP contribution is -2.37. The van der Waals surface area contributed by atoms with Gasteiger partial charge in [-0.25, -0.2) is 19.3 Å². The number of benzene rings is 1. The van der Waals surface area contributed by atoms with Crippen LogP contribution in [0, 0.1) is 5.82 Å². The fourth-order valence-corrected chi connectivity index (χ4v) is 5.14. The molecule has 0 saturated carbocycles. The van der Waals surface area contributed by atoms with Crippen molar-refractivity contribution in [2.75, 3.05) is 62.4 Å². The van der Waals surface area contributed by atoms with Crippen LogP contribution in [0.4, 0.5) is 15.9 Å². The summed E-state index contributed by atoms with van der Waals surface area (Å²) < 4.78 is 32.5. The molecule has 0 N–H and O–H groups in total. The van der Waals surface area contributed by atoms with Gasteiger partial charge in [0.2, 0.25) is 5.71 Å². The standard InChI is InChI=1S/C26H24FN5O3/c27-20-5-4-16-2-1-3-18(16)21(20)24-29-22-19-14-17(31-6-10-33-11-7-31)15-28-26(19)35-23(22)25(30-24)32-8-12-34-13-9-32/h1,3-5,14-15H,2,6-13H2. The Morgan fingerprint density at radius 3 is 2.49 bits per heavy atom. The van der Waals surface area contributed by atoms with Crippen molar-refractivity contribution in [3.05, 3.63) is 47.4 Å². The number of rotatable bonds is 3. The number of pyridine rings is 1. The Hall–Kier alpha value is -3.56. The van der Waals surface area contributed by atoms with Crippen LogP contribution in [0.3, 0.4) is 0 Å². The monoisotopic (exact) mass is 473 g/mol. The zero-order valence-electron chi connectivity index (χ0n) is 19.2. The highest BCUT2D eigenvalue weighted by atomic mass is 19.1. The van der Waals surface area contributed by atoms with Crippen molar-refractivity contribution in [1.29, 1.82) is 0 Å². The molecule has 178 valence electrons. The summed E-state index contributed by atoms with van der Waals surface area (Å²) in [7, 11) is 0. The average Bonchev–Trinajstić information content (AvgIpc) is 3.53. The minimum atomic E-state index is -0.331. The summed E-state index contributed by atoms with van der Waals surface area (Å²) >= 11 is 0. The minimum Gasteiger partial charge on any atom is -0.432 e. The summed E-state index contributed by atoms with van der Waals surface area (Å²) in [4.78, 5) is 18.8. The zero-order chi connectivity index (χ0) is 23.4. The molecule has 9 heteroatoms. The van der Waals surface area contributed by atoms with Gasteiger partial charge in [-0.2, -0.15) is 0 Å². The van der Waals surface area contributed by atoms with E-state index in [1.807, 2.05) is 24.4 Å². The molecule has 0 amide bonds. The first-order valence-corrected chi connectivity index (χ1v) is 12.0. The topological polar surface area (TPSA) is 76.8 Å². The number of hydrogen-bond acceptors (Lipinski definition) is 8. The molecule has 2 fully saturated rings. The fraction of sp³-hybridized carbons (Fsp3) is 0.346. The maximum absolute atomic E-state index is 15.2. The van der Waals surface area contributed by atoms with Gasteiger partial charge >= 0.3 is 0 Å². The van der Waals surface area contributed by atoms with Crippen LogP contribution in [0.15, 0.2) is 34.9 Å². The van der Waals surface area contributed by atoms with Crippen LogP contribution < -0.4 is 9.80 Å². The number of fused-ring (bicyclic) bond motifs is 4. The summed E-state index contributed by atoms with van der Waals surface area (Å²) in [5, 5.41) is 0.797. The van der Waals surface area contributed by atoms with Crippen LogP contribution in [0.5, 0.6) is 0 Å². The number of morpholine rings is 2. The van der Waals surface area contributed by atoms with E-state index in [1.165, 1.54) is 6.07 Å². The molecular weight excluding hydrogens is 449 g/mol. The second kappa shape index (κ2) is 8.28. The number of halogens is 1. The molecule has 7 rings (SSSR count). The lowest BCUT2D eigenvalue weighted by molar-refractivity contribution is 0.122. The van der Waals surface area contributed by atoms with Crippen LogP contribution in [-0.4, -0.2) is 67.6 Å². The van der Waals surface area contributed by atoms with Crippen molar-refractivity contribution >= 4 is 39.8 Å². The normalized spacial score (nSPS) is 18.1. The Morgan fingerprint density at radius 1 is 0.914 bits per heavy atom. The second-order valence-electron chi connectivity index (χ2n) is 9.00. The summed E-state index contributed by atoms with van der Waals surface area (Å²) in [5.74, 6) is 0.681. The van der Waals surface area contributed by atoms with E-state index < -0.39 is 0 Å². The molecule has 2 saturated heterocycles. The molecule has 35 heavy (non-hydrogen) atoms. The highest BCUT2D eigenvalue weighted by molar-refractivity contribution is 6.06. The number of aromatic nitrogens is 3. The fourth-order valence-electron chi connectivity index (χ4n) is 5.14. The van der Waals surface area contributed by atoms with Crippen molar-refractivity contribution in [1.82, 2.24) is 15.0 Å². The van der Waals surface area contributed by atoms with Gasteiger partial charge in [-0.1, -0.05) is 18.2 Å². The highest BCUT2D eigenvalue weighted by Gasteiger charge is 2.26. The molecule has 0 atom stereocenters. The summed E-state index contributed by atoms with van der Waals surface area (Å²) in [6, 6.07) is 5.40. The smallest absolute Gasteiger partial charge is 0.229 e. The molecule has 1 aromatic carbocycles. The van der Waals surface area contributed by atoms with Gasteiger partial charge < -0.3 is 23.7 Å². The molecule has 2 aliphatic heterocycles. The van der Waals surface area contributed by atoms with Gasteiger partial charge in [0.25, 0.3) is 0 Å². The van der Waals surface area contributed by atoms with E-state index in [4.69, 9.17) is 23.9 Å². The van der Waals surface area contributed by atoms with Gasteiger partial charge in [-0.3, -0.25) is 0 Å². The van der Waals surface area contributed by atoms with Gasteiger partial charge in [-0.05, 0) is 29.7 Å². The molecule has 0 spiro atoms. The van der Waals surface area contributed by atoms with Crippen LogP contribution in [0.25, 0.3) is 39.7 Å². The third kappa shape index (κ3) is 3.45. The van der Waals surface area contributed by atoms with E-state index in [9.17, 15) is 0 Å². The molecule has 3 aromatic heterocycles. The molecule has 1 aliphatic carbocycles. The van der Waals surface area contributed by atoms with Gasteiger partial charge in [-0.15, -0.1) is 0 Å². The molecule has 0 unspecified atom stereocenters. The zero-order valence-corrected chi connectivity index (χ0v) is 19.2. The van der Waals surface area contributed by atoms with E-state index in [2.05, 4.69) is 20.9 Å². The lowest BCUT2D eigenvalue weighted by Gasteiger charge is -2.28. The minimum absolute atomic E-state index is 0.331. The predicted octanol–water partition coefficient (Wildman–Crippen LogP) is 3.82. The molecule has 3 aliphatic rings. The second-order valence-corrected chi connectivity index (χ2v) is 9.00. The van der Waals surface area contributed by atoms with Crippen molar-refractivity contribution in [2.45, 2.75) is 6.42 Å². The Kier molecular flexibility index (Phi) is 4.92. The number of hydrogen-bond donors (Lipinski definition) is 0. The van der Waals surface area contributed by atoms with Crippen molar-refractivity contribution in [2.24, 2.45) is 0 Å². The summed E-state index contributed by atoms with van der Waals surface area (Å²) in [6.45, 7) is 5.50. The van der Waals surface area contributed by atoms with E-state index in [0.717, 1.165) is 41.7 Å². The van der Waals surface area contributed by atoms with E-state index in [0.29, 0.717) is 73.5 Å². The number of ether oxygens (including phenoxy) is 2. The Labute approximate surface area is 201 Å². The number of furan rings is 1. The van der Waals surface area contributed by atoms with Gasteiger partial charge in [0, 0.05) is 26.2 Å². The van der Waals surface area contributed by atoms with Crippen molar-refractivity contribution < 1.29 is 18.3 Å². The largest absolute Gasteiger partial charge is 0.432 e. The number of allylic oxidation sites excluding steroid dienone is 1. The van der Waals surface area contributed by atoms with E-state index >= 15 is 4.39 Å². The van der Waals surface area contributed by atoms with Crippen molar-refractivity contribution in [3.8, 4) is 11.4 Å². The Bertz CT molecular complexity index is 1470. The van der Waals surface area contributed by atoms with Gasteiger partial charge in [0.05, 0.1) is 49.3 Å². The van der Waals surface area contributed by atoms with Crippen LogP contribution in [0.2, 0.25) is 0 Å². The third-order valence-corrected chi connectivity index (χ3v) is 6.96.